The molecule has 1 saturated heterocycles. The molecular formula is C16H20N4O2S. The quantitative estimate of drug-likeness (QED) is 0.301. The van der Waals surface area contributed by atoms with E-state index in [2.05, 4.69) is 15.2 Å². The number of amidine groups is 1. The predicted molar refractivity (Wildman–Crippen MR) is 93.2 cm³/mol. The summed E-state index contributed by atoms with van der Waals surface area (Å²) < 4.78 is 4.81. The van der Waals surface area contributed by atoms with Crippen LogP contribution in [0.1, 0.15) is 29.6 Å². The number of hydrogen-bond acceptors (Lipinski definition) is 6. The molecule has 0 aliphatic carbocycles. The number of hydrogen-bond donors (Lipinski definition) is 1. The Bertz CT molecular complexity index is 633. The smallest absolute Gasteiger partial charge is 0.337 e. The summed E-state index contributed by atoms with van der Waals surface area (Å²) in [6, 6.07) is 5.31. The van der Waals surface area contributed by atoms with E-state index in [1.165, 1.54) is 25.3 Å². The maximum atomic E-state index is 11.8. The number of piperidine rings is 1. The summed E-state index contributed by atoms with van der Waals surface area (Å²) in [5.74, 6) is -0.362. The van der Waals surface area contributed by atoms with Crippen molar-refractivity contribution >= 4 is 34.3 Å². The van der Waals surface area contributed by atoms with Gasteiger partial charge in [0.1, 0.15) is 0 Å². The standard InChI is InChI=1S/C16H20N4O2S/c1-22-15(21)12-6-7-13(19-16(23-2)18-11-17)14(10-12)20-8-4-3-5-9-20/h6-7,10H,3-5,8-9H2,1-2H3,(H,18,19). The first-order valence-corrected chi connectivity index (χ1v) is 8.67. The molecule has 1 aliphatic heterocycles. The van der Waals surface area contributed by atoms with Gasteiger partial charge in [-0.3, -0.25) is 5.32 Å². The Morgan fingerprint density at radius 2 is 2.13 bits per heavy atom. The molecule has 1 heterocycles. The Morgan fingerprint density at radius 3 is 2.74 bits per heavy atom. The Kier molecular flexibility index (Phi) is 6.29. The molecule has 0 unspecified atom stereocenters. The zero-order valence-electron chi connectivity index (χ0n) is 13.3. The van der Waals surface area contributed by atoms with E-state index in [0.717, 1.165) is 37.3 Å². The van der Waals surface area contributed by atoms with Gasteiger partial charge in [-0.05, 0) is 43.7 Å². The second-order valence-corrected chi connectivity index (χ2v) is 5.90. The average molecular weight is 332 g/mol. The van der Waals surface area contributed by atoms with E-state index in [-0.39, 0.29) is 5.97 Å². The van der Waals surface area contributed by atoms with Crippen molar-refractivity contribution in [2.24, 2.45) is 4.99 Å². The van der Waals surface area contributed by atoms with Gasteiger partial charge >= 0.3 is 5.97 Å². The SMILES string of the molecule is COC(=O)c1ccc(N=C(NC#N)SC)c(N2CCCCC2)c1. The summed E-state index contributed by atoms with van der Waals surface area (Å²) in [4.78, 5) is 18.6. The molecule has 0 bridgehead atoms. The Hall–Kier alpha value is -2.20. The van der Waals surface area contributed by atoms with Gasteiger partial charge in [-0.2, -0.15) is 5.26 Å². The summed E-state index contributed by atoms with van der Waals surface area (Å²) in [5.41, 5.74) is 2.15. The molecular weight excluding hydrogens is 312 g/mol. The largest absolute Gasteiger partial charge is 0.465 e. The fraction of sp³-hybridized carbons (Fsp3) is 0.438. The van der Waals surface area contributed by atoms with Gasteiger partial charge in [0, 0.05) is 13.1 Å². The first kappa shape index (κ1) is 17.2. The van der Waals surface area contributed by atoms with Crippen molar-refractivity contribution in [3.05, 3.63) is 23.8 Å². The van der Waals surface area contributed by atoms with Crippen molar-refractivity contribution in [1.29, 1.82) is 5.26 Å². The maximum absolute atomic E-state index is 11.8. The van der Waals surface area contributed by atoms with Crippen LogP contribution in [0.4, 0.5) is 11.4 Å². The van der Waals surface area contributed by atoms with Crippen LogP contribution in [0.15, 0.2) is 23.2 Å². The van der Waals surface area contributed by atoms with Crippen LogP contribution in [-0.4, -0.2) is 37.6 Å². The molecule has 6 nitrogen and oxygen atoms in total. The van der Waals surface area contributed by atoms with E-state index in [0.29, 0.717) is 10.7 Å². The molecule has 0 aromatic heterocycles. The number of anilines is 1. The highest BCUT2D eigenvalue weighted by atomic mass is 32.2. The lowest BCUT2D eigenvalue weighted by Crippen LogP contribution is -2.29. The van der Waals surface area contributed by atoms with Crippen LogP contribution < -0.4 is 10.2 Å². The highest BCUT2D eigenvalue weighted by Crippen LogP contribution is 2.32. The molecule has 1 aliphatic rings. The van der Waals surface area contributed by atoms with Gasteiger partial charge < -0.3 is 9.64 Å². The lowest BCUT2D eigenvalue weighted by atomic mass is 10.1. The van der Waals surface area contributed by atoms with E-state index in [4.69, 9.17) is 10.00 Å². The van der Waals surface area contributed by atoms with Gasteiger partial charge in [-0.15, -0.1) is 0 Å². The minimum atomic E-state index is -0.362. The van der Waals surface area contributed by atoms with Crippen molar-refractivity contribution in [3.8, 4) is 6.19 Å². The average Bonchev–Trinajstić information content (AvgIpc) is 2.61. The van der Waals surface area contributed by atoms with Gasteiger partial charge in [-0.25, -0.2) is 9.79 Å². The van der Waals surface area contributed by atoms with Gasteiger partial charge in [0.2, 0.25) is 0 Å². The molecule has 1 fully saturated rings. The third kappa shape index (κ3) is 4.39. The lowest BCUT2D eigenvalue weighted by molar-refractivity contribution is 0.0601. The van der Waals surface area contributed by atoms with E-state index in [9.17, 15) is 4.79 Å². The number of nitrogens with one attached hydrogen (secondary N) is 1. The topological polar surface area (TPSA) is 77.7 Å². The van der Waals surface area contributed by atoms with Crippen molar-refractivity contribution in [3.63, 3.8) is 0 Å². The highest BCUT2D eigenvalue weighted by Gasteiger charge is 2.17. The number of methoxy groups -OCH3 is 1. The molecule has 23 heavy (non-hydrogen) atoms. The molecule has 1 N–H and O–H groups in total. The summed E-state index contributed by atoms with van der Waals surface area (Å²) in [5, 5.41) is 11.9. The molecule has 0 saturated carbocycles. The van der Waals surface area contributed by atoms with Gasteiger partial charge in [-0.1, -0.05) is 11.8 Å². The zero-order valence-corrected chi connectivity index (χ0v) is 14.2. The predicted octanol–water partition coefficient (Wildman–Crippen LogP) is 2.88. The van der Waals surface area contributed by atoms with Crippen molar-refractivity contribution in [2.45, 2.75) is 19.3 Å². The van der Waals surface area contributed by atoms with E-state index < -0.39 is 0 Å². The van der Waals surface area contributed by atoms with Gasteiger partial charge in [0.25, 0.3) is 0 Å². The maximum Gasteiger partial charge on any atom is 0.337 e. The normalized spacial score (nSPS) is 15.0. The Morgan fingerprint density at radius 1 is 1.39 bits per heavy atom. The van der Waals surface area contributed by atoms with Crippen LogP contribution in [0, 0.1) is 11.5 Å². The summed E-state index contributed by atoms with van der Waals surface area (Å²) in [7, 11) is 1.37. The first-order chi connectivity index (χ1) is 11.2. The lowest BCUT2D eigenvalue weighted by Gasteiger charge is -2.30. The zero-order chi connectivity index (χ0) is 16.7. The van der Waals surface area contributed by atoms with Crippen LogP contribution in [-0.2, 0) is 4.74 Å². The number of thioether (sulfide) groups is 1. The van der Waals surface area contributed by atoms with Crippen LogP contribution in [0.3, 0.4) is 0 Å². The van der Waals surface area contributed by atoms with Crippen LogP contribution >= 0.6 is 11.8 Å². The van der Waals surface area contributed by atoms with Crippen molar-refractivity contribution in [1.82, 2.24) is 5.32 Å². The molecule has 0 amide bonds. The number of esters is 1. The molecule has 0 spiro atoms. The number of carbonyl (C=O) groups excluding carboxylic acids is 1. The van der Waals surface area contributed by atoms with Crippen LogP contribution in [0.2, 0.25) is 0 Å². The number of nitrogens with zero attached hydrogens (tertiary/aromatic N) is 3. The number of benzene rings is 1. The van der Waals surface area contributed by atoms with Gasteiger partial charge in [0.05, 0.1) is 24.0 Å². The fourth-order valence-electron chi connectivity index (χ4n) is 2.53. The third-order valence-corrected chi connectivity index (χ3v) is 4.25. The molecule has 1 aromatic carbocycles. The Labute approximate surface area is 140 Å². The molecule has 2 rings (SSSR count). The third-order valence-electron chi connectivity index (χ3n) is 3.67. The van der Waals surface area contributed by atoms with Crippen molar-refractivity contribution in [2.75, 3.05) is 31.4 Å². The van der Waals surface area contributed by atoms with Crippen LogP contribution in [0.5, 0.6) is 0 Å². The monoisotopic (exact) mass is 332 g/mol. The highest BCUT2D eigenvalue weighted by molar-refractivity contribution is 8.13. The fourth-order valence-corrected chi connectivity index (χ4v) is 2.87. The van der Waals surface area contributed by atoms with E-state index >= 15 is 0 Å². The van der Waals surface area contributed by atoms with E-state index in [1.807, 2.05) is 18.5 Å². The van der Waals surface area contributed by atoms with Crippen molar-refractivity contribution < 1.29 is 9.53 Å². The number of rotatable bonds is 3. The molecule has 0 atom stereocenters. The molecule has 1 aromatic rings. The number of carbonyl (C=O) groups is 1. The Balaban J connectivity index is 2.43. The van der Waals surface area contributed by atoms with Gasteiger partial charge in [0.15, 0.2) is 11.4 Å². The second-order valence-electron chi connectivity index (χ2n) is 5.10. The second kappa shape index (κ2) is 8.44. The summed E-state index contributed by atoms with van der Waals surface area (Å²) in [6.07, 6.45) is 7.21. The molecule has 7 heteroatoms. The first-order valence-electron chi connectivity index (χ1n) is 7.44. The minimum absolute atomic E-state index is 0.362. The number of aliphatic imine (C=N–C) groups is 1. The molecule has 0 radical (unpaired) electrons. The number of nitriles is 1. The minimum Gasteiger partial charge on any atom is -0.465 e. The number of ether oxygens (including phenoxy) is 1. The summed E-state index contributed by atoms with van der Waals surface area (Å²) in [6.45, 7) is 1.88. The van der Waals surface area contributed by atoms with E-state index in [1.54, 1.807) is 12.1 Å². The molecule has 122 valence electrons. The van der Waals surface area contributed by atoms with Crippen LogP contribution in [0.25, 0.3) is 0 Å². The summed E-state index contributed by atoms with van der Waals surface area (Å²) >= 11 is 1.37.